The Balaban J connectivity index is 2.04. The first kappa shape index (κ1) is 13.8. The Kier molecular flexibility index (Phi) is 4.39. The predicted molar refractivity (Wildman–Crippen MR) is 79.0 cm³/mol. The molecule has 0 aliphatic carbocycles. The number of thiophene rings is 1. The van der Waals surface area contributed by atoms with E-state index in [1.54, 1.807) is 24.5 Å². The van der Waals surface area contributed by atoms with Gasteiger partial charge in [-0.15, -0.1) is 0 Å². The second-order valence-corrected chi connectivity index (χ2v) is 5.22. The number of anilines is 1. The number of hydrogen-bond acceptors (Lipinski definition) is 4. The zero-order valence-corrected chi connectivity index (χ0v) is 12.2. The Bertz CT molecular complexity index is 597. The van der Waals surface area contributed by atoms with Crippen molar-refractivity contribution in [1.82, 2.24) is 10.3 Å². The first-order chi connectivity index (χ1) is 9.11. The summed E-state index contributed by atoms with van der Waals surface area (Å²) in [5.41, 5.74) is 2.77. The van der Waals surface area contributed by atoms with Crippen LogP contribution in [0, 0.1) is 6.92 Å². The molecule has 0 radical (unpaired) electrons. The number of rotatable bonds is 4. The summed E-state index contributed by atoms with van der Waals surface area (Å²) in [6, 6.07) is 1.61. The number of amides is 1. The highest BCUT2D eigenvalue weighted by Gasteiger charge is 2.09. The van der Waals surface area contributed by atoms with Gasteiger partial charge in [-0.25, -0.2) is 4.98 Å². The lowest BCUT2D eigenvalue weighted by atomic mass is 10.2. The number of aryl methyl sites for hydroxylation is 1. The molecule has 19 heavy (non-hydrogen) atoms. The Morgan fingerprint density at radius 3 is 2.84 bits per heavy atom. The van der Waals surface area contributed by atoms with Gasteiger partial charge in [0.2, 0.25) is 0 Å². The van der Waals surface area contributed by atoms with E-state index < -0.39 is 0 Å². The van der Waals surface area contributed by atoms with Crippen molar-refractivity contribution in [3.63, 3.8) is 0 Å². The van der Waals surface area contributed by atoms with Gasteiger partial charge in [0.25, 0.3) is 5.91 Å². The van der Waals surface area contributed by atoms with Crippen LogP contribution in [0.2, 0.25) is 5.02 Å². The summed E-state index contributed by atoms with van der Waals surface area (Å²) >= 11 is 7.62. The third kappa shape index (κ3) is 3.24. The number of carbonyl (C=O) groups is 1. The quantitative estimate of drug-likeness (QED) is 0.911. The van der Waals surface area contributed by atoms with Gasteiger partial charge in [-0.1, -0.05) is 11.6 Å². The van der Waals surface area contributed by atoms with Gasteiger partial charge in [0.05, 0.1) is 10.6 Å². The van der Waals surface area contributed by atoms with Gasteiger partial charge in [0.1, 0.15) is 5.82 Å². The van der Waals surface area contributed by atoms with Crippen LogP contribution < -0.4 is 10.6 Å². The topological polar surface area (TPSA) is 54.0 Å². The summed E-state index contributed by atoms with van der Waals surface area (Å²) < 4.78 is 0. The first-order valence-corrected chi connectivity index (χ1v) is 7.07. The average Bonchev–Trinajstić information content (AvgIpc) is 2.81. The lowest BCUT2D eigenvalue weighted by molar-refractivity contribution is 0.0950. The molecular formula is C13H14ClN3OS. The molecule has 0 atom stereocenters. The van der Waals surface area contributed by atoms with E-state index >= 15 is 0 Å². The average molecular weight is 296 g/mol. The molecular weight excluding hydrogens is 282 g/mol. The van der Waals surface area contributed by atoms with E-state index in [1.807, 2.05) is 12.3 Å². The number of nitrogens with one attached hydrogen (secondary N) is 2. The highest BCUT2D eigenvalue weighted by atomic mass is 35.5. The van der Waals surface area contributed by atoms with Crippen molar-refractivity contribution in [2.75, 3.05) is 12.4 Å². The molecule has 4 nitrogen and oxygen atoms in total. The summed E-state index contributed by atoms with van der Waals surface area (Å²) in [5, 5.41) is 10.2. The van der Waals surface area contributed by atoms with Crippen LogP contribution in [0.15, 0.2) is 23.0 Å². The largest absolute Gasteiger partial charge is 0.372 e. The molecule has 0 saturated carbocycles. The minimum atomic E-state index is -0.178. The van der Waals surface area contributed by atoms with Crippen molar-refractivity contribution in [2.24, 2.45) is 0 Å². The summed E-state index contributed by atoms with van der Waals surface area (Å²) in [6.45, 7) is 2.54. The van der Waals surface area contributed by atoms with Crippen molar-refractivity contribution >= 4 is 34.7 Å². The molecule has 0 unspecified atom stereocenters. The maximum Gasteiger partial charge on any atom is 0.253 e. The minimum Gasteiger partial charge on any atom is -0.372 e. The van der Waals surface area contributed by atoms with E-state index in [2.05, 4.69) is 21.0 Å². The Hall–Kier alpha value is -1.59. The van der Waals surface area contributed by atoms with Crippen LogP contribution in [0.25, 0.3) is 0 Å². The van der Waals surface area contributed by atoms with Crippen LogP contribution in [0.4, 0.5) is 5.82 Å². The number of pyridine rings is 1. The second kappa shape index (κ2) is 6.04. The highest BCUT2D eigenvalue weighted by Crippen LogP contribution is 2.19. The monoisotopic (exact) mass is 295 g/mol. The third-order valence-corrected chi connectivity index (χ3v) is 3.94. The summed E-state index contributed by atoms with van der Waals surface area (Å²) in [6.07, 6.45) is 1.51. The number of nitrogens with zero attached hydrogens (tertiary/aromatic N) is 1. The SMILES string of the molecule is CNc1ncc(C(=O)NCc2cscc2C)cc1Cl. The van der Waals surface area contributed by atoms with Crippen molar-refractivity contribution in [2.45, 2.75) is 13.5 Å². The van der Waals surface area contributed by atoms with E-state index in [0.717, 1.165) is 5.56 Å². The van der Waals surface area contributed by atoms with Crippen LogP contribution >= 0.6 is 22.9 Å². The molecule has 0 spiro atoms. The fraction of sp³-hybridized carbons (Fsp3) is 0.231. The lowest BCUT2D eigenvalue weighted by Gasteiger charge is -2.07. The maximum atomic E-state index is 12.0. The highest BCUT2D eigenvalue weighted by molar-refractivity contribution is 7.08. The molecule has 2 rings (SSSR count). The third-order valence-electron chi connectivity index (χ3n) is 2.74. The summed E-state index contributed by atoms with van der Waals surface area (Å²) in [4.78, 5) is 16.1. The molecule has 2 heterocycles. The van der Waals surface area contributed by atoms with Gasteiger partial charge in [-0.2, -0.15) is 11.3 Å². The molecule has 0 aromatic carbocycles. The molecule has 2 N–H and O–H groups in total. The fourth-order valence-electron chi connectivity index (χ4n) is 1.59. The van der Waals surface area contributed by atoms with E-state index in [0.29, 0.717) is 22.9 Å². The molecule has 0 bridgehead atoms. The van der Waals surface area contributed by atoms with Crippen molar-refractivity contribution in [1.29, 1.82) is 0 Å². The Morgan fingerprint density at radius 2 is 2.26 bits per heavy atom. The fourth-order valence-corrected chi connectivity index (χ4v) is 2.71. The second-order valence-electron chi connectivity index (χ2n) is 4.07. The van der Waals surface area contributed by atoms with Gasteiger partial charge < -0.3 is 10.6 Å². The zero-order chi connectivity index (χ0) is 13.8. The van der Waals surface area contributed by atoms with Crippen molar-refractivity contribution in [3.8, 4) is 0 Å². The number of hydrogen-bond donors (Lipinski definition) is 2. The molecule has 1 amide bonds. The Morgan fingerprint density at radius 1 is 1.47 bits per heavy atom. The van der Waals surface area contributed by atoms with Crippen LogP contribution in [-0.2, 0) is 6.54 Å². The molecule has 0 fully saturated rings. The van der Waals surface area contributed by atoms with Gasteiger partial charge in [0.15, 0.2) is 0 Å². The maximum absolute atomic E-state index is 12.0. The normalized spacial score (nSPS) is 10.3. The van der Waals surface area contributed by atoms with Crippen LogP contribution in [0.5, 0.6) is 0 Å². The van der Waals surface area contributed by atoms with E-state index in [9.17, 15) is 4.79 Å². The van der Waals surface area contributed by atoms with Crippen LogP contribution in [-0.4, -0.2) is 17.9 Å². The molecule has 100 valence electrons. The van der Waals surface area contributed by atoms with Crippen LogP contribution in [0.1, 0.15) is 21.5 Å². The van der Waals surface area contributed by atoms with Gasteiger partial charge in [-0.3, -0.25) is 4.79 Å². The molecule has 2 aromatic heterocycles. The zero-order valence-electron chi connectivity index (χ0n) is 10.7. The molecule has 0 aliphatic rings. The molecule has 2 aromatic rings. The number of halogens is 1. The van der Waals surface area contributed by atoms with Crippen LogP contribution in [0.3, 0.4) is 0 Å². The number of carbonyl (C=O) groups excluding carboxylic acids is 1. The van der Waals surface area contributed by atoms with Crippen molar-refractivity contribution in [3.05, 3.63) is 44.7 Å². The summed E-state index contributed by atoms with van der Waals surface area (Å²) in [5.74, 6) is 0.384. The predicted octanol–water partition coefficient (Wildman–Crippen LogP) is 3.08. The smallest absolute Gasteiger partial charge is 0.253 e. The Labute approximate surface area is 120 Å². The molecule has 0 aliphatic heterocycles. The van der Waals surface area contributed by atoms with E-state index in [-0.39, 0.29) is 5.91 Å². The minimum absolute atomic E-state index is 0.178. The van der Waals surface area contributed by atoms with Gasteiger partial charge in [0, 0.05) is 19.8 Å². The lowest BCUT2D eigenvalue weighted by Crippen LogP contribution is -2.23. The van der Waals surface area contributed by atoms with E-state index in [1.165, 1.54) is 11.8 Å². The summed E-state index contributed by atoms with van der Waals surface area (Å²) in [7, 11) is 1.73. The van der Waals surface area contributed by atoms with E-state index in [4.69, 9.17) is 11.6 Å². The van der Waals surface area contributed by atoms with Gasteiger partial charge >= 0.3 is 0 Å². The standard InChI is InChI=1S/C13H14ClN3OS/c1-8-6-19-7-10(8)5-17-13(18)9-3-11(14)12(15-2)16-4-9/h3-4,6-7H,5H2,1-2H3,(H,15,16)(H,17,18). The van der Waals surface area contributed by atoms with Crippen molar-refractivity contribution < 1.29 is 4.79 Å². The first-order valence-electron chi connectivity index (χ1n) is 5.75. The number of aromatic nitrogens is 1. The van der Waals surface area contributed by atoms with Gasteiger partial charge in [-0.05, 0) is 34.9 Å². The molecule has 0 saturated heterocycles. The molecule has 6 heteroatoms.